The largest absolute Gasteiger partial charge is 0.304 e. The zero-order valence-corrected chi connectivity index (χ0v) is 7.53. The second-order valence-electron chi connectivity index (χ2n) is 2.81. The van der Waals surface area contributed by atoms with Crippen LogP contribution >= 0.6 is 0 Å². The van der Waals surface area contributed by atoms with Gasteiger partial charge >= 0.3 is 0 Å². The Labute approximate surface area is 72.3 Å². The van der Waals surface area contributed by atoms with Crippen molar-refractivity contribution in [1.82, 2.24) is 9.78 Å². The summed E-state index contributed by atoms with van der Waals surface area (Å²) in [6.07, 6.45) is 1.80. The van der Waals surface area contributed by atoms with E-state index in [9.17, 15) is 0 Å². The second kappa shape index (κ2) is 4.23. The molecular weight excluding hydrogens is 154 g/mol. The highest BCUT2D eigenvalue weighted by Gasteiger charge is 2.09. The first-order chi connectivity index (χ1) is 5.79. The van der Waals surface area contributed by atoms with Gasteiger partial charge in [-0.1, -0.05) is 6.92 Å². The van der Waals surface area contributed by atoms with Crippen molar-refractivity contribution in [2.24, 2.45) is 5.90 Å². The molecule has 1 rings (SSSR count). The molecule has 0 spiro atoms. The van der Waals surface area contributed by atoms with Gasteiger partial charge in [-0.2, -0.15) is 5.10 Å². The summed E-state index contributed by atoms with van der Waals surface area (Å²) in [5, 5.41) is 4.16. The van der Waals surface area contributed by atoms with E-state index in [1.165, 1.54) is 5.69 Å². The Morgan fingerprint density at radius 2 is 2.50 bits per heavy atom. The molecule has 0 aliphatic carbocycles. The maximum Gasteiger partial charge on any atom is 0.0760 e. The Morgan fingerprint density at radius 3 is 3.08 bits per heavy atom. The fourth-order valence-electron chi connectivity index (χ4n) is 1.26. The van der Waals surface area contributed by atoms with Crippen LogP contribution in [0.5, 0.6) is 0 Å². The zero-order valence-electron chi connectivity index (χ0n) is 7.53. The Balaban J connectivity index is 2.71. The van der Waals surface area contributed by atoms with E-state index in [4.69, 9.17) is 5.90 Å². The molecule has 4 nitrogen and oxygen atoms in total. The quantitative estimate of drug-likeness (QED) is 0.681. The standard InChI is InChI=1S/C8H15N3O/c1-3-11-8(4-5-10-11)7(2)6-12-9/h4-5,7H,3,6,9H2,1-2H3. The summed E-state index contributed by atoms with van der Waals surface area (Å²) in [6.45, 7) is 5.55. The summed E-state index contributed by atoms with van der Waals surface area (Å²) in [5.74, 6) is 5.30. The van der Waals surface area contributed by atoms with Crippen LogP contribution in [0, 0.1) is 0 Å². The molecule has 1 heterocycles. The van der Waals surface area contributed by atoms with E-state index < -0.39 is 0 Å². The summed E-state index contributed by atoms with van der Waals surface area (Å²) in [4.78, 5) is 4.59. The van der Waals surface area contributed by atoms with Crippen molar-refractivity contribution in [2.45, 2.75) is 26.3 Å². The number of aromatic nitrogens is 2. The molecule has 0 saturated heterocycles. The summed E-state index contributed by atoms with van der Waals surface area (Å²) < 4.78 is 1.95. The lowest BCUT2D eigenvalue weighted by molar-refractivity contribution is 0.124. The maximum atomic E-state index is 5.00. The summed E-state index contributed by atoms with van der Waals surface area (Å²) in [7, 11) is 0. The minimum absolute atomic E-state index is 0.303. The van der Waals surface area contributed by atoms with Gasteiger partial charge in [0.05, 0.1) is 6.61 Å². The first-order valence-electron chi connectivity index (χ1n) is 4.13. The fourth-order valence-corrected chi connectivity index (χ4v) is 1.26. The second-order valence-corrected chi connectivity index (χ2v) is 2.81. The van der Waals surface area contributed by atoms with Gasteiger partial charge in [0, 0.05) is 24.4 Å². The molecule has 1 unspecified atom stereocenters. The molecule has 0 aliphatic rings. The zero-order chi connectivity index (χ0) is 8.97. The van der Waals surface area contributed by atoms with Crippen LogP contribution in [0.3, 0.4) is 0 Å². The average Bonchev–Trinajstić information content (AvgIpc) is 2.51. The van der Waals surface area contributed by atoms with Crippen molar-refractivity contribution in [3.8, 4) is 0 Å². The number of hydrogen-bond acceptors (Lipinski definition) is 3. The van der Waals surface area contributed by atoms with E-state index in [1.54, 1.807) is 6.20 Å². The van der Waals surface area contributed by atoms with Gasteiger partial charge < -0.3 is 4.84 Å². The highest BCUT2D eigenvalue weighted by atomic mass is 16.6. The van der Waals surface area contributed by atoms with E-state index in [1.807, 2.05) is 10.7 Å². The minimum atomic E-state index is 0.303. The number of nitrogens with two attached hydrogens (primary N) is 1. The third-order valence-corrected chi connectivity index (χ3v) is 1.90. The molecule has 0 aromatic carbocycles. The average molecular weight is 169 g/mol. The Morgan fingerprint density at radius 1 is 1.75 bits per heavy atom. The third kappa shape index (κ3) is 1.84. The van der Waals surface area contributed by atoms with Gasteiger partial charge in [0.2, 0.25) is 0 Å². The van der Waals surface area contributed by atoms with Crippen molar-refractivity contribution in [3.63, 3.8) is 0 Å². The molecule has 68 valence electrons. The van der Waals surface area contributed by atoms with E-state index >= 15 is 0 Å². The number of rotatable bonds is 4. The molecule has 0 aliphatic heterocycles. The summed E-state index contributed by atoms with van der Waals surface area (Å²) >= 11 is 0. The molecule has 2 N–H and O–H groups in total. The summed E-state index contributed by atoms with van der Waals surface area (Å²) in [5.41, 5.74) is 1.17. The van der Waals surface area contributed by atoms with Crippen molar-refractivity contribution >= 4 is 0 Å². The predicted molar refractivity (Wildman–Crippen MR) is 46.5 cm³/mol. The SMILES string of the molecule is CCn1nccc1C(C)CON. The summed E-state index contributed by atoms with van der Waals surface area (Å²) in [6, 6.07) is 1.99. The minimum Gasteiger partial charge on any atom is -0.304 e. The molecule has 0 saturated carbocycles. The molecule has 0 fully saturated rings. The smallest absolute Gasteiger partial charge is 0.0760 e. The van der Waals surface area contributed by atoms with E-state index in [-0.39, 0.29) is 0 Å². The van der Waals surface area contributed by atoms with Crippen LogP contribution in [-0.4, -0.2) is 16.4 Å². The first-order valence-corrected chi connectivity index (χ1v) is 4.13. The lowest BCUT2D eigenvalue weighted by Gasteiger charge is -2.11. The number of nitrogens with zero attached hydrogens (tertiary/aromatic N) is 2. The molecule has 0 amide bonds. The monoisotopic (exact) mass is 169 g/mol. The maximum absolute atomic E-state index is 5.00. The number of hydrogen-bond donors (Lipinski definition) is 1. The Hall–Kier alpha value is -0.870. The lowest BCUT2D eigenvalue weighted by Crippen LogP contribution is -2.13. The van der Waals surface area contributed by atoms with Crippen LogP contribution in [0.1, 0.15) is 25.5 Å². The van der Waals surface area contributed by atoms with Crippen molar-refractivity contribution in [2.75, 3.05) is 6.61 Å². The van der Waals surface area contributed by atoms with Crippen LogP contribution in [0.4, 0.5) is 0 Å². The van der Waals surface area contributed by atoms with E-state index in [2.05, 4.69) is 23.8 Å². The highest BCUT2D eigenvalue weighted by Crippen LogP contribution is 2.13. The molecule has 12 heavy (non-hydrogen) atoms. The first kappa shape index (κ1) is 9.22. The molecule has 0 bridgehead atoms. The van der Waals surface area contributed by atoms with Crippen LogP contribution in [0.25, 0.3) is 0 Å². The normalized spacial score (nSPS) is 13.2. The molecular formula is C8H15N3O. The van der Waals surface area contributed by atoms with E-state index in [0.717, 1.165) is 6.54 Å². The van der Waals surface area contributed by atoms with Crippen LogP contribution in [0.15, 0.2) is 12.3 Å². The van der Waals surface area contributed by atoms with Gasteiger partial charge in [-0.25, -0.2) is 5.90 Å². The molecule has 1 atom stereocenters. The predicted octanol–water partition coefficient (Wildman–Crippen LogP) is 0.897. The molecule has 4 heteroatoms. The number of aryl methyl sites for hydroxylation is 1. The van der Waals surface area contributed by atoms with Crippen molar-refractivity contribution < 1.29 is 4.84 Å². The van der Waals surface area contributed by atoms with Gasteiger partial charge in [-0.05, 0) is 13.0 Å². The molecule has 1 aromatic heterocycles. The fraction of sp³-hybridized carbons (Fsp3) is 0.625. The van der Waals surface area contributed by atoms with Gasteiger partial charge in [-0.15, -0.1) is 0 Å². The van der Waals surface area contributed by atoms with Crippen molar-refractivity contribution in [3.05, 3.63) is 18.0 Å². The highest BCUT2D eigenvalue weighted by molar-refractivity contribution is 5.06. The van der Waals surface area contributed by atoms with Crippen LogP contribution < -0.4 is 5.90 Å². The Kier molecular flexibility index (Phi) is 3.25. The van der Waals surface area contributed by atoms with Crippen molar-refractivity contribution in [1.29, 1.82) is 0 Å². The van der Waals surface area contributed by atoms with Gasteiger partial charge in [0.1, 0.15) is 0 Å². The topological polar surface area (TPSA) is 53.1 Å². The van der Waals surface area contributed by atoms with E-state index in [0.29, 0.717) is 12.5 Å². The van der Waals surface area contributed by atoms with Gasteiger partial charge in [0.15, 0.2) is 0 Å². The molecule has 0 radical (unpaired) electrons. The van der Waals surface area contributed by atoms with Gasteiger partial charge in [-0.3, -0.25) is 4.68 Å². The van der Waals surface area contributed by atoms with Gasteiger partial charge in [0.25, 0.3) is 0 Å². The van der Waals surface area contributed by atoms with Crippen LogP contribution in [-0.2, 0) is 11.4 Å². The van der Waals surface area contributed by atoms with Crippen LogP contribution in [0.2, 0.25) is 0 Å². The molecule has 1 aromatic rings. The third-order valence-electron chi connectivity index (χ3n) is 1.90. The lowest BCUT2D eigenvalue weighted by atomic mass is 10.1. The Bertz CT molecular complexity index is 234.